The third-order valence-electron chi connectivity index (χ3n) is 6.43. The fourth-order valence-corrected chi connectivity index (χ4v) is 5.11. The Labute approximate surface area is 197 Å². The van der Waals surface area contributed by atoms with E-state index in [-0.39, 0.29) is 5.91 Å². The molecule has 3 aromatic heterocycles. The van der Waals surface area contributed by atoms with E-state index < -0.39 is 0 Å². The molecule has 0 saturated carbocycles. The predicted octanol–water partition coefficient (Wildman–Crippen LogP) is 4.07. The zero-order valence-corrected chi connectivity index (χ0v) is 19.6. The molecule has 4 heterocycles. The number of likely N-dealkylation sites (tertiary alicyclic amines) is 1. The van der Waals surface area contributed by atoms with E-state index in [1.165, 1.54) is 22.5 Å². The standard InChI is InChI=1S/C25H28N6OS/c1-17-6-7-22(25(32)26-11-8-19-14-27-23-5-3-2-4-21(19)23)24(28-17)18-9-12-31(13-10-18)15-20-16-33-30-29-20/h2-7,14,16,18,27H,8-13,15H2,1H3,(H,26,32). The normalized spacial score (nSPS) is 15.2. The fourth-order valence-electron chi connectivity index (χ4n) is 4.67. The van der Waals surface area contributed by atoms with Crippen molar-refractivity contribution in [3.05, 3.63) is 76.2 Å². The Bertz CT molecular complexity index is 1230. The zero-order chi connectivity index (χ0) is 22.6. The number of carbonyl (C=O) groups excluding carboxylic acids is 1. The number of para-hydroxylation sites is 1. The van der Waals surface area contributed by atoms with E-state index in [1.54, 1.807) is 0 Å². The highest BCUT2D eigenvalue weighted by atomic mass is 32.1. The van der Waals surface area contributed by atoms with Crippen molar-refractivity contribution in [2.45, 2.75) is 38.6 Å². The van der Waals surface area contributed by atoms with Gasteiger partial charge in [0.15, 0.2) is 0 Å². The Hall–Kier alpha value is -3.10. The summed E-state index contributed by atoms with van der Waals surface area (Å²) in [7, 11) is 0. The molecule has 7 nitrogen and oxygen atoms in total. The largest absolute Gasteiger partial charge is 0.361 e. The minimum absolute atomic E-state index is 0.0340. The highest BCUT2D eigenvalue weighted by molar-refractivity contribution is 7.03. The number of pyridine rings is 1. The lowest BCUT2D eigenvalue weighted by Crippen LogP contribution is -2.34. The Morgan fingerprint density at radius 1 is 1.21 bits per heavy atom. The van der Waals surface area contributed by atoms with Crippen LogP contribution >= 0.6 is 11.5 Å². The maximum absolute atomic E-state index is 13.1. The number of amides is 1. The number of aromatic nitrogens is 4. The maximum Gasteiger partial charge on any atom is 0.253 e. The number of hydrogen-bond donors (Lipinski definition) is 2. The first-order chi connectivity index (χ1) is 16.2. The summed E-state index contributed by atoms with van der Waals surface area (Å²) in [5.74, 6) is 0.261. The molecule has 33 heavy (non-hydrogen) atoms. The van der Waals surface area contributed by atoms with E-state index in [1.807, 2.05) is 42.8 Å². The molecule has 8 heteroatoms. The van der Waals surface area contributed by atoms with Gasteiger partial charge in [0.25, 0.3) is 5.91 Å². The lowest BCUT2D eigenvalue weighted by molar-refractivity contribution is 0.0951. The van der Waals surface area contributed by atoms with Crippen molar-refractivity contribution in [3.8, 4) is 0 Å². The molecule has 0 atom stereocenters. The molecule has 0 aliphatic carbocycles. The van der Waals surface area contributed by atoms with Crippen molar-refractivity contribution in [1.82, 2.24) is 29.8 Å². The summed E-state index contributed by atoms with van der Waals surface area (Å²) in [6, 6.07) is 12.1. The topological polar surface area (TPSA) is 86.8 Å². The highest BCUT2D eigenvalue weighted by Crippen LogP contribution is 2.30. The number of hydrogen-bond acceptors (Lipinski definition) is 6. The summed E-state index contributed by atoms with van der Waals surface area (Å²) in [6.45, 7) is 5.37. The van der Waals surface area contributed by atoms with Crippen molar-refractivity contribution < 1.29 is 4.79 Å². The first kappa shape index (κ1) is 21.7. The van der Waals surface area contributed by atoms with Gasteiger partial charge in [0.1, 0.15) is 0 Å². The number of nitrogens with one attached hydrogen (secondary N) is 2. The van der Waals surface area contributed by atoms with E-state index in [0.717, 1.165) is 61.5 Å². The first-order valence-electron chi connectivity index (χ1n) is 11.5. The molecule has 0 spiro atoms. The molecule has 1 aromatic carbocycles. The molecule has 2 N–H and O–H groups in total. The van der Waals surface area contributed by atoms with Crippen LogP contribution in [0.2, 0.25) is 0 Å². The number of benzene rings is 1. The third kappa shape index (κ3) is 4.96. The number of aryl methyl sites for hydroxylation is 1. The number of rotatable bonds is 7. The van der Waals surface area contributed by atoms with Crippen LogP contribution in [-0.4, -0.2) is 50.0 Å². The van der Waals surface area contributed by atoms with Gasteiger partial charge in [0.05, 0.1) is 17.0 Å². The van der Waals surface area contributed by atoms with Gasteiger partial charge in [-0.25, -0.2) is 0 Å². The van der Waals surface area contributed by atoms with Gasteiger partial charge in [-0.2, -0.15) is 0 Å². The number of fused-ring (bicyclic) bond motifs is 1. The second-order valence-corrected chi connectivity index (χ2v) is 9.31. The van der Waals surface area contributed by atoms with Crippen LogP contribution in [0.4, 0.5) is 0 Å². The Kier molecular flexibility index (Phi) is 6.46. The fraction of sp³-hybridized carbons (Fsp3) is 0.360. The first-order valence-corrected chi connectivity index (χ1v) is 12.3. The molecule has 4 aromatic rings. The van der Waals surface area contributed by atoms with E-state index in [2.05, 4.69) is 36.9 Å². The predicted molar refractivity (Wildman–Crippen MR) is 130 cm³/mol. The second-order valence-electron chi connectivity index (χ2n) is 8.70. The van der Waals surface area contributed by atoms with E-state index in [9.17, 15) is 4.79 Å². The molecule has 5 rings (SSSR count). The van der Waals surface area contributed by atoms with Crippen molar-refractivity contribution in [2.24, 2.45) is 0 Å². The number of piperidine rings is 1. The van der Waals surface area contributed by atoms with Gasteiger partial charge in [-0.15, -0.1) is 5.10 Å². The summed E-state index contributed by atoms with van der Waals surface area (Å²) < 4.78 is 3.96. The summed E-state index contributed by atoms with van der Waals surface area (Å²) >= 11 is 1.39. The lowest BCUT2D eigenvalue weighted by atomic mass is 9.89. The zero-order valence-electron chi connectivity index (χ0n) is 18.8. The monoisotopic (exact) mass is 460 g/mol. The smallest absolute Gasteiger partial charge is 0.253 e. The van der Waals surface area contributed by atoms with E-state index in [0.29, 0.717) is 18.0 Å². The quantitative estimate of drug-likeness (QED) is 0.434. The van der Waals surface area contributed by atoms with Crippen LogP contribution in [0, 0.1) is 6.92 Å². The van der Waals surface area contributed by atoms with Crippen LogP contribution in [-0.2, 0) is 13.0 Å². The Balaban J connectivity index is 1.22. The summed E-state index contributed by atoms with van der Waals surface area (Å²) in [4.78, 5) is 23.6. The molecule has 1 aliphatic rings. The van der Waals surface area contributed by atoms with Gasteiger partial charge in [0, 0.05) is 47.2 Å². The number of aromatic amines is 1. The minimum atomic E-state index is -0.0340. The molecule has 0 radical (unpaired) electrons. The maximum atomic E-state index is 13.1. The Morgan fingerprint density at radius 2 is 2.06 bits per heavy atom. The molecule has 1 fully saturated rings. The highest BCUT2D eigenvalue weighted by Gasteiger charge is 2.26. The summed E-state index contributed by atoms with van der Waals surface area (Å²) in [5.41, 5.74) is 5.98. The van der Waals surface area contributed by atoms with Crippen LogP contribution < -0.4 is 5.32 Å². The van der Waals surface area contributed by atoms with Gasteiger partial charge < -0.3 is 10.3 Å². The van der Waals surface area contributed by atoms with E-state index in [4.69, 9.17) is 4.98 Å². The summed E-state index contributed by atoms with van der Waals surface area (Å²) in [6.07, 6.45) is 4.80. The number of carbonyl (C=O) groups is 1. The van der Waals surface area contributed by atoms with Gasteiger partial charge in [-0.05, 0) is 74.6 Å². The molecule has 1 amide bonds. The van der Waals surface area contributed by atoms with Crippen LogP contribution in [0.25, 0.3) is 10.9 Å². The average molecular weight is 461 g/mol. The van der Waals surface area contributed by atoms with Gasteiger partial charge in [-0.1, -0.05) is 22.7 Å². The van der Waals surface area contributed by atoms with Gasteiger partial charge >= 0.3 is 0 Å². The molecule has 1 aliphatic heterocycles. The summed E-state index contributed by atoms with van der Waals surface area (Å²) in [5, 5.41) is 10.5. The van der Waals surface area contributed by atoms with Crippen LogP contribution in [0.15, 0.2) is 48.0 Å². The van der Waals surface area contributed by atoms with Crippen LogP contribution in [0.3, 0.4) is 0 Å². The molecule has 0 bridgehead atoms. The lowest BCUT2D eigenvalue weighted by Gasteiger charge is -2.31. The molecule has 1 saturated heterocycles. The van der Waals surface area contributed by atoms with Crippen molar-refractivity contribution in [3.63, 3.8) is 0 Å². The van der Waals surface area contributed by atoms with E-state index >= 15 is 0 Å². The number of H-pyrrole nitrogens is 1. The van der Waals surface area contributed by atoms with Crippen molar-refractivity contribution >= 4 is 28.3 Å². The molecular weight excluding hydrogens is 432 g/mol. The molecule has 170 valence electrons. The average Bonchev–Trinajstić information content (AvgIpc) is 3.50. The Morgan fingerprint density at radius 3 is 2.88 bits per heavy atom. The van der Waals surface area contributed by atoms with Gasteiger partial charge in [-0.3, -0.25) is 14.7 Å². The second kappa shape index (κ2) is 9.80. The van der Waals surface area contributed by atoms with Crippen LogP contribution in [0.1, 0.15) is 51.8 Å². The third-order valence-corrected chi connectivity index (χ3v) is 6.98. The SMILES string of the molecule is Cc1ccc(C(=O)NCCc2c[nH]c3ccccc23)c(C2CCN(Cc3csnn3)CC2)n1. The molecule has 0 unspecified atom stereocenters. The molecular formula is C25H28N6OS. The van der Waals surface area contributed by atoms with Crippen LogP contribution in [0.5, 0.6) is 0 Å². The van der Waals surface area contributed by atoms with Gasteiger partial charge in [0.2, 0.25) is 0 Å². The van der Waals surface area contributed by atoms with Crippen molar-refractivity contribution in [1.29, 1.82) is 0 Å². The number of nitrogens with zero attached hydrogens (tertiary/aromatic N) is 4. The van der Waals surface area contributed by atoms with Crippen molar-refractivity contribution in [2.75, 3.05) is 19.6 Å². The minimum Gasteiger partial charge on any atom is -0.361 e.